The van der Waals surface area contributed by atoms with Crippen molar-refractivity contribution < 1.29 is 0 Å². The maximum Gasteiger partial charge on any atom is 0.0223 e. The Morgan fingerprint density at radius 3 is 1.60 bits per heavy atom. The molecule has 0 heterocycles. The third kappa shape index (κ3) is 6.05. The van der Waals surface area contributed by atoms with Crippen molar-refractivity contribution in [3.63, 3.8) is 0 Å². The topological polar surface area (TPSA) is 0 Å². The minimum Gasteiger partial charge on any atom is -0.127 e. The van der Waals surface area contributed by atoms with Crippen LogP contribution in [0.2, 0.25) is 0 Å². The van der Waals surface area contributed by atoms with E-state index in [1.807, 2.05) is 0 Å². The van der Waals surface area contributed by atoms with E-state index in [-0.39, 0.29) is 0 Å². The highest BCUT2D eigenvalue weighted by Gasteiger charge is 2.34. The van der Waals surface area contributed by atoms with Crippen LogP contribution >= 0.6 is 11.6 Å². The zero-order valence-corrected chi connectivity index (χ0v) is 20.2. The summed E-state index contributed by atoms with van der Waals surface area (Å²) in [6, 6.07) is 9.61. The lowest BCUT2D eigenvalue weighted by atomic mass is 9.65. The van der Waals surface area contributed by atoms with E-state index in [0.717, 1.165) is 47.8 Å². The van der Waals surface area contributed by atoms with Crippen molar-refractivity contribution in [3.8, 4) is 0 Å². The molecule has 0 unspecified atom stereocenters. The summed E-state index contributed by atoms with van der Waals surface area (Å²) >= 11 is 5.81. The lowest BCUT2D eigenvalue weighted by molar-refractivity contribution is 0.112. The molecule has 1 aromatic rings. The second-order valence-electron chi connectivity index (χ2n) is 11.2. The molecule has 0 aliphatic heterocycles. The predicted octanol–water partition coefficient (Wildman–Crippen LogP) is 9.15. The zero-order valence-electron chi connectivity index (χ0n) is 19.5. The lowest BCUT2D eigenvalue weighted by Gasteiger charge is -2.41. The van der Waals surface area contributed by atoms with E-state index >= 15 is 0 Å². The van der Waals surface area contributed by atoms with Crippen LogP contribution in [0.4, 0.5) is 0 Å². The van der Waals surface area contributed by atoms with Gasteiger partial charge in [0.2, 0.25) is 0 Å². The van der Waals surface area contributed by atoms with Crippen molar-refractivity contribution in [2.24, 2.45) is 29.6 Å². The fourth-order valence-corrected chi connectivity index (χ4v) is 7.34. The third-order valence-electron chi connectivity index (χ3n) is 9.28. The molecule has 0 nitrogen and oxygen atoms in total. The molecule has 3 aliphatic carbocycles. The minimum absolute atomic E-state index is 0.794. The van der Waals surface area contributed by atoms with Crippen molar-refractivity contribution >= 4 is 11.6 Å². The second kappa shape index (κ2) is 11.4. The van der Waals surface area contributed by atoms with Gasteiger partial charge in [-0.15, -0.1) is 11.6 Å². The van der Waals surface area contributed by atoms with Crippen LogP contribution in [0.25, 0.3) is 0 Å². The summed E-state index contributed by atoms with van der Waals surface area (Å²) in [5, 5.41) is 0. The second-order valence-corrected chi connectivity index (χ2v) is 11.6. The van der Waals surface area contributed by atoms with Crippen LogP contribution < -0.4 is 0 Å². The van der Waals surface area contributed by atoms with Crippen LogP contribution in [0.5, 0.6) is 0 Å². The molecule has 0 radical (unpaired) electrons. The van der Waals surface area contributed by atoms with Gasteiger partial charge in [-0.1, -0.05) is 44.0 Å². The first-order valence-corrected chi connectivity index (χ1v) is 13.9. The highest BCUT2D eigenvalue weighted by atomic mass is 35.5. The highest BCUT2D eigenvalue weighted by Crippen LogP contribution is 2.47. The zero-order chi connectivity index (χ0) is 20.8. The fraction of sp³-hybridized carbons (Fsp3) is 0.793. The Morgan fingerprint density at radius 2 is 1.10 bits per heavy atom. The molecule has 1 aromatic carbocycles. The van der Waals surface area contributed by atoms with Gasteiger partial charge in [-0.2, -0.15) is 0 Å². The molecule has 3 aliphatic rings. The van der Waals surface area contributed by atoms with E-state index < -0.39 is 0 Å². The number of halogens is 1. The average Bonchev–Trinajstić information content (AvgIpc) is 2.81. The van der Waals surface area contributed by atoms with E-state index in [9.17, 15) is 0 Å². The number of benzene rings is 1. The molecule has 0 aromatic heterocycles. The largest absolute Gasteiger partial charge is 0.127 e. The van der Waals surface area contributed by atoms with Crippen molar-refractivity contribution in [1.82, 2.24) is 0 Å². The summed E-state index contributed by atoms with van der Waals surface area (Å²) in [4.78, 5) is 0. The molecular formula is C29H45Cl. The van der Waals surface area contributed by atoms with Crippen molar-refractivity contribution in [2.45, 2.75) is 109 Å². The van der Waals surface area contributed by atoms with Crippen molar-refractivity contribution in [1.29, 1.82) is 0 Å². The Bertz CT molecular complexity index is 596. The summed E-state index contributed by atoms with van der Waals surface area (Å²) < 4.78 is 0. The van der Waals surface area contributed by atoms with E-state index in [1.54, 1.807) is 31.2 Å². The standard InChI is InChI=1S/C29H45Cl/c1-22-5-9-24(10-6-22)26-13-17-28(18-14-26)29-19-15-27(16-20-29)25-11-7-23(8-12-25)4-2-3-21-30/h7-8,11-12,22,24,26-29H,2-6,9-10,13-21H2,1H3/t22-,24-,26-,27?,28-,29?. The van der Waals surface area contributed by atoms with Gasteiger partial charge in [0.05, 0.1) is 0 Å². The molecule has 0 bridgehead atoms. The molecule has 3 fully saturated rings. The normalized spacial score (nSPS) is 35.3. The van der Waals surface area contributed by atoms with Gasteiger partial charge < -0.3 is 0 Å². The van der Waals surface area contributed by atoms with E-state index in [2.05, 4.69) is 31.2 Å². The SMILES string of the molecule is C[C@H]1CC[C@H]([C@H]2CC[C@H](C3CCC(c4ccc(CCCCCl)cc4)CC3)CC2)CC1. The van der Waals surface area contributed by atoms with Gasteiger partial charge in [-0.05, 0) is 130 Å². The maximum absolute atomic E-state index is 5.81. The minimum atomic E-state index is 0.794. The molecule has 0 atom stereocenters. The Labute approximate surface area is 191 Å². The Hall–Kier alpha value is -0.490. The molecule has 0 saturated heterocycles. The quantitative estimate of drug-likeness (QED) is 0.300. The number of alkyl halides is 1. The molecule has 1 heteroatoms. The van der Waals surface area contributed by atoms with Gasteiger partial charge in [0.1, 0.15) is 0 Å². The summed E-state index contributed by atoms with van der Waals surface area (Å²) in [5.74, 6) is 6.85. The molecule has 0 N–H and O–H groups in total. The Morgan fingerprint density at radius 1 is 0.633 bits per heavy atom. The van der Waals surface area contributed by atoms with Crippen LogP contribution in [0, 0.1) is 29.6 Å². The molecular weight excluding hydrogens is 384 g/mol. The monoisotopic (exact) mass is 428 g/mol. The van der Waals surface area contributed by atoms with Crippen LogP contribution in [0.1, 0.15) is 114 Å². The fourth-order valence-electron chi connectivity index (χ4n) is 7.15. The molecule has 30 heavy (non-hydrogen) atoms. The summed E-state index contributed by atoms with van der Waals surface area (Å²) in [6.07, 6.45) is 21.6. The van der Waals surface area contributed by atoms with Gasteiger partial charge in [0.25, 0.3) is 0 Å². The number of rotatable bonds is 7. The van der Waals surface area contributed by atoms with Crippen LogP contribution in [-0.2, 0) is 6.42 Å². The number of unbranched alkanes of at least 4 members (excludes halogenated alkanes) is 1. The van der Waals surface area contributed by atoms with Gasteiger partial charge in [0.15, 0.2) is 0 Å². The number of hydrogen-bond donors (Lipinski definition) is 0. The van der Waals surface area contributed by atoms with Crippen LogP contribution in [0.15, 0.2) is 24.3 Å². The van der Waals surface area contributed by atoms with Gasteiger partial charge in [0, 0.05) is 5.88 Å². The van der Waals surface area contributed by atoms with E-state index in [0.29, 0.717) is 0 Å². The maximum atomic E-state index is 5.81. The van der Waals surface area contributed by atoms with Crippen molar-refractivity contribution in [2.75, 3.05) is 5.88 Å². The van der Waals surface area contributed by atoms with Gasteiger partial charge in [-0.3, -0.25) is 0 Å². The first-order valence-electron chi connectivity index (χ1n) is 13.4. The Kier molecular flexibility index (Phi) is 8.62. The van der Waals surface area contributed by atoms with Gasteiger partial charge >= 0.3 is 0 Å². The number of aryl methyl sites for hydroxylation is 1. The average molecular weight is 429 g/mol. The first-order chi connectivity index (χ1) is 14.7. The Balaban J connectivity index is 1.19. The molecule has 4 rings (SSSR count). The first kappa shape index (κ1) is 22.7. The van der Waals surface area contributed by atoms with E-state index in [4.69, 9.17) is 11.6 Å². The van der Waals surface area contributed by atoms with Gasteiger partial charge in [-0.25, -0.2) is 0 Å². The van der Waals surface area contributed by atoms with E-state index in [1.165, 1.54) is 69.8 Å². The predicted molar refractivity (Wildman–Crippen MR) is 131 cm³/mol. The summed E-state index contributed by atoms with van der Waals surface area (Å²) in [5.41, 5.74) is 3.09. The summed E-state index contributed by atoms with van der Waals surface area (Å²) in [6.45, 7) is 2.46. The number of hydrogen-bond acceptors (Lipinski definition) is 0. The van der Waals surface area contributed by atoms with Crippen LogP contribution in [0.3, 0.4) is 0 Å². The third-order valence-corrected chi connectivity index (χ3v) is 9.55. The highest BCUT2D eigenvalue weighted by molar-refractivity contribution is 6.17. The molecule has 0 amide bonds. The van der Waals surface area contributed by atoms with Crippen LogP contribution in [-0.4, -0.2) is 5.88 Å². The molecule has 0 spiro atoms. The molecule has 168 valence electrons. The molecule has 3 saturated carbocycles. The van der Waals surface area contributed by atoms with Crippen molar-refractivity contribution in [3.05, 3.63) is 35.4 Å². The smallest absolute Gasteiger partial charge is 0.0223 e. The lowest BCUT2D eigenvalue weighted by Crippen LogP contribution is -2.29. The summed E-state index contributed by atoms with van der Waals surface area (Å²) in [7, 11) is 0.